The number of hydrogen-bond donors (Lipinski definition) is 0. The predicted octanol–water partition coefficient (Wildman–Crippen LogP) is 7.99. The van der Waals surface area contributed by atoms with Crippen LogP contribution in [0.15, 0.2) is 105 Å². The zero-order valence-corrected chi connectivity index (χ0v) is 21.3. The third kappa shape index (κ3) is 6.91. The summed E-state index contributed by atoms with van der Waals surface area (Å²) in [6, 6.07) is 26.5. The van der Waals surface area contributed by atoms with E-state index in [1.54, 1.807) is 0 Å². The molecule has 0 N–H and O–H groups in total. The molecule has 3 rings (SSSR count). The fourth-order valence-corrected chi connectivity index (χ4v) is 4.46. The minimum absolute atomic E-state index is 0.243. The third-order valence-electron chi connectivity index (χ3n) is 4.62. The molecule has 0 heterocycles. The Hall–Kier alpha value is -2.17. The highest BCUT2D eigenvalue weighted by atomic mass is 79.9. The van der Waals surface area contributed by atoms with Gasteiger partial charge >= 0.3 is 0 Å². The van der Waals surface area contributed by atoms with Crippen LogP contribution in [0.2, 0.25) is 0 Å². The number of aliphatic imine (C=N–C) groups is 1. The molecule has 160 valence electrons. The topological polar surface area (TPSA) is 21.6 Å². The Morgan fingerprint density at radius 1 is 0.903 bits per heavy atom. The van der Waals surface area contributed by atoms with Crippen LogP contribution in [0, 0.1) is 0 Å². The van der Waals surface area contributed by atoms with Gasteiger partial charge in [0.15, 0.2) is 0 Å². The lowest BCUT2D eigenvalue weighted by atomic mass is 10.00. The molecule has 0 spiro atoms. The molecule has 2 nitrogen and oxygen atoms in total. The summed E-state index contributed by atoms with van der Waals surface area (Å²) in [5.74, 6) is 0.659. The Labute approximate surface area is 202 Å². The minimum Gasteiger partial charge on any atom is -0.491 e. The van der Waals surface area contributed by atoms with Gasteiger partial charge in [-0.15, -0.1) is 0 Å². The molecular formula is C27H27Br2NO. The lowest BCUT2D eigenvalue weighted by molar-refractivity contribution is 0.0438. The summed E-state index contributed by atoms with van der Waals surface area (Å²) in [6.07, 6.45) is 0.673. The summed E-state index contributed by atoms with van der Waals surface area (Å²) < 4.78 is 8.25. The van der Waals surface area contributed by atoms with Crippen molar-refractivity contribution in [1.82, 2.24) is 0 Å². The largest absolute Gasteiger partial charge is 0.491 e. The molecule has 0 aliphatic rings. The average Bonchev–Trinajstić information content (AvgIpc) is 2.72. The van der Waals surface area contributed by atoms with E-state index in [9.17, 15) is 0 Å². The second-order valence-corrected chi connectivity index (χ2v) is 10.1. The maximum absolute atomic E-state index is 6.18. The van der Waals surface area contributed by atoms with E-state index in [4.69, 9.17) is 9.73 Å². The van der Waals surface area contributed by atoms with E-state index < -0.39 is 0 Å². The summed E-state index contributed by atoms with van der Waals surface area (Å²) in [7, 11) is 0. The molecule has 0 saturated carbocycles. The number of halogens is 2. The van der Waals surface area contributed by atoms with Crippen molar-refractivity contribution in [3.05, 3.63) is 117 Å². The molecule has 0 bridgehead atoms. The van der Waals surface area contributed by atoms with Gasteiger partial charge in [0.25, 0.3) is 0 Å². The Bertz CT molecular complexity index is 1010. The van der Waals surface area contributed by atoms with E-state index in [0.717, 1.165) is 31.3 Å². The second-order valence-electron chi connectivity index (χ2n) is 8.35. The molecular weight excluding hydrogens is 514 g/mol. The first-order valence-electron chi connectivity index (χ1n) is 10.2. The summed E-state index contributed by atoms with van der Waals surface area (Å²) in [6.45, 7) is 10.4. The molecule has 3 aromatic rings. The summed E-state index contributed by atoms with van der Waals surface area (Å²) in [4.78, 5) is 5.22. The lowest BCUT2D eigenvalue weighted by Gasteiger charge is -2.27. The van der Waals surface area contributed by atoms with E-state index >= 15 is 0 Å². The molecule has 0 aromatic heterocycles. The van der Waals surface area contributed by atoms with E-state index in [1.165, 1.54) is 0 Å². The van der Waals surface area contributed by atoms with Crippen molar-refractivity contribution in [2.45, 2.75) is 38.8 Å². The van der Waals surface area contributed by atoms with Gasteiger partial charge in [-0.25, -0.2) is 0 Å². The normalized spacial score (nSPS) is 12.2. The van der Waals surface area contributed by atoms with E-state index in [0.29, 0.717) is 12.2 Å². The predicted molar refractivity (Wildman–Crippen MR) is 138 cm³/mol. The molecule has 1 unspecified atom stereocenters. The van der Waals surface area contributed by atoms with Crippen molar-refractivity contribution in [3.8, 4) is 0 Å². The van der Waals surface area contributed by atoms with Gasteiger partial charge in [0.05, 0.1) is 5.71 Å². The van der Waals surface area contributed by atoms with Crippen molar-refractivity contribution in [2.75, 3.05) is 0 Å². The highest BCUT2D eigenvalue weighted by Gasteiger charge is 2.22. The first kappa shape index (κ1) is 23.5. The Balaban J connectivity index is 2.08. The van der Waals surface area contributed by atoms with Gasteiger partial charge in [0.1, 0.15) is 17.4 Å². The van der Waals surface area contributed by atoms with Crippen molar-refractivity contribution < 1.29 is 4.74 Å². The number of ether oxygens (including phenoxy) is 1. The first-order valence-corrected chi connectivity index (χ1v) is 11.8. The maximum atomic E-state index is 6.18. The smallest absolute Gasteiger partial charge is 0.114 e. The van der Waals surface area contributed by atoms with Crippen LogP contribution in [0.25, 0.3) is 0 Å². The summed E-state index contributed by atoms with van der Waals surface area (Å²) >= 11 is 7.23. The van der Waals surface area contributed by atoms with Crippen LogP contribution in [0.5, 0.6) is 0 Å². The maximum Gasteiger partial charge on any atom is 0.114 e. The number of hydrogen-bond acceptors (Lipinski definition) is 2. The zero-order valence-electron chi connectivity index (χ0n) is 18.1. The Morgan fingerprint density at radius 3 is 1.94 bits per heavy atom. The molecule has 4 heteroatoms. The third-order valence-corrected chi connectivity index (χ3v) is 5.85. The standard InChI is InChI=1S/C27H27Br2NO/c1-19(31-27(2,3)4)25(17-22-15-16-23(28)18-24(22)29)30-26(20-11-7-5-8-12-20)21-13-9-6-10-14-21/h5-16,18,25H,1,17H2,2-4H3. The van der Waals surface area contributed by atoms with Crippen LogP contribution in [0.4, 0.5) is 0 Å². The van der Waals surface area contributed by atoms with Crippen LogP contribution in [0.3, 0.4) is 0 Å². The molecule has 1 atom stereocenters. The Kier molecular flexibility index (Phi) is 7.90. The molecule has 0 aliphatic heterocycles. The van der Waals surface area contributed by atoms with Gasteiger partial charge in [0.2, 0.25) is 0 Å². The number of rotatable bonds is 7. The van der Waals surface area contributed by atoms with Crippen LogP contribution >= 0.6 is 31.9 Å². The van der Waals surface area contributed by atoms with Crippen LogP contribution in [-0.4, -0.2) is 17.4 Å². The molecule has 0 aliphatic carbocycles. The average molecular weight is 541 g/mol. The second kappa shape index (κ2) is 10.4. The first-order chi connectivity index (χ1) is 14.7. The molecule has 31 heavy (non-hydrogen) atoms. The van der Waals surface area contributed by atoms with Crippen LogP contribution in [0.1, 0.15) is 37.5 Å². The number of benzene rings is 3. The van der Waals surface area contributed by atoms with Crippen molar-refractivity contribution in [1.29, 1.82) is 0 Å². The quantitative estimate of drug-likeness (QED) is 0.220. The van der Waals surface area contributed by atoms with E-state index in [2.05, 4.69) is 74.8 Å². The molecule has 3 aromatic carbocycles. The highest BCUT2D eigenvalue weighted by molar-refractivity contribution is 9.11. The highest BCUT2D eigenvalue weighted by Crippen LogP contribution is 2.27. The summed E-state index contributed by atoms with van der Waals surface area (Å²) in [5.41, 5.74) is 3.87. The fraction of sp³-hybridized carbons (Fsp3) is 0.222. The van der Waals surface area contributed by atoms with Crippen molar-refractivity contribution in [2.24, 2.45) is 4.99 Å². The van der Waals surface area contributed by atoms with Crippen molar-refractivity contribution in [3.63, 3.8) is 0 Å². The molecule has 0 radical (unpaired) electrons. The minimum atomic E-state index is -0.346. The van der Waals surface area contributed by atoms with Gasteiger partial charge in [-0.3, -0.25) is 4.99 Å². The van der Waals surface area contributed by atoms with E-state index in [1.807, 2.05) is 63.2 Å². The van der Waals surface area contributed by atoms with Gasteiger partial charge in [0, 0.05) is 26.5 Å². The van der Waals surface area contributed by atoms with Gasteiger partial charge in [-0.1, -0.05) is 105 Å². The van der Waals surface area contributed by atoms with E-state index in [-0.39, 0.29) is 11.6 Å². The van der Waals surface area contributed by atoms with Crippen molar-refractivity contribution >= 4 is 37.6 Å². The van der Waals surface area contributed by atoms with Crippen LogP contribution < -0.4 is 0 Å². The van der Waals surface area contributed by atoms with Gasteiger partial charge < -0.3 is 4.74 Å². The van der Waals surface area contributed by atoms with Crippen LogP contribution in [-0.2, 0) is 11.2 Å². The zero-order chi connectivity index (χ0) is 22.4. The molecule has 0 saturated heterocycles. The molecule has 0 amide bonds. The summed E-state index contributed by atoms with van der Waals surface area (Å²) in [5, 5.41) is 0. The number of nitrogens with zero attached hydrogens (tertiary/aromatic N) is 1. The monoisotopic (exact) mass is 539 g/mol. The molecule has 0 fully saturated rings. The van der Waals surface area contributed by atoms with Gasteiger partial charge in [-0.2, -0.15) is 0 Å². The fourth-order valence-electron chi connectivity index (χ4n) is 3.25. The lowest BCUT2D eigenvalue weighted by Crippen LogP contribution is -2.25. The van der Waals surface area contributed by atoms with Gasteiger partial charge in [-0.05, 0) is 38.5 Å². The Morgan fingerprint density at radius 2 is 1.45 bits per heavy atom. The SMILES string of the molecule is C=C(OC(C)(C)C)C(Cc1ccc(Br)cc1Br)N=C(c1ccccc1)c1ccccc1.